The van der Waals surface area contributed by atoms with Crippen LogP contribution in [0, 0.1) is 17.8 Å². The molecule has 5 atom stereocenters. The van der Waals surface area contributed by atoms with Crippen molar-refractivity contribution in [1.82, 2.24) is 0 Å². The first-order valence-electron chi connectivity index (χ1n) is 15.0. The third kappa shape index (κ3) is 6.03. The molecule has 0 radical (unpaired) electrons. The zero-order valence-corrected chi connectivity index (χ0v) is 28.0. The van der Waals surface area contributed by atoms with Crippen molar-refractivity contribution in [2.75, 3.05) is 42.7 Å². The Morgan fingerprint density at radius 1 is 0.766 bits per heavy atom. The van der Waals surface area contributed by atoms with E-state index in [2.05, 4.69) is 0 Å². The fourth-order valence-corrected chi connectivity index (χ4v) is 9.26. The molecule has 3 aromatic rings. The first-order valence-corrected chi connectivity index (χ1v) is 16.6. The van der Waals surface area contributed by atoms with Crippen molar-refractivity contribution in [3.05, 3.63) is 108 Å². The van der Waals surface area contributed by atoms with Crippen LogP contribution in [0.3, 0.4) is 0 Å². The van der Waals surface area contributed by atoms with Crippen molar-refractivity contribution in [3.63, 3.8) is 0 Å². The van der Waals surface area contributed by atoms with Gasteiger partial charge in [0, 0.05) is 42.7 Å². The zero-order chi connectivity index (χ0) is 33.8. The normalized spacial score (nSPS) is 23.2. The molecule has 1 saturated carbocycles. The van der Waals surface area contributed by atoms with E-state index in [9.17, 15) is 9.59 Å². The van der Waals surface area contributed by atoms with Gasteiger partial charge < -0.3 is 32.9 Å². The minimum atomic E-state index is -3.82. The quantitative estimate of drug-likeness (QED) is 0.116. The highest BCUT2D eigenvalue weighted by Crippen LogP contribution is 2.63. The molecule has 0 aromatic heterocycles. The highest BCUT2D eigenvalue weighted by molar-refractivity contribution is 7.74. The summed E-state index contributed by atoms with van der Waals surface area (Å²) in [5, 5.41) is 0.964. The van der Waals surface area contributed by atoms with Gasteiger partial charge in [-0.05, 0) is 47.5 Å². The Kier molecular flexibility index (Phi) is 10.4. The standard InChI is InChI=1S/C36H39O10P/c1-40-28-19-17-23(22-29(28)41-2)31-27-21-24(18-20-30(37)42-3)33(32(31)35(38)43-4)36(44-5,45-6)34(27)46-47(39,25-13-9-7-10-14-25)26-15-11-8-12-16-26/h7-22,27,31-34H,1-6H3/b20-18+. The second kappa shape index (κ2) is 14.3. The molecule has 248 valence electrons. The van der Waals surface area contributed by atoms with Gasteiger partial charge in [0.2, 0.25) is 5.79 Å². The molecule has 6 rings (SSSR count). The maximum absolute atomic E-state index is 15.4. The number of ether oxygens (including phenoxy) is 6. The number of hydrogen-bond donors (Lipinski definition) is 0. The molecule has 3 aromatic carbocycles. The molecule has 10 nitrogen and oxygen atoms in total. The fourth-order valence-electron chi connectivity index (χ4n) is 6.98. The van der Waals surface area contributed by atoms with E-state index >= 15 is 4.57 Å². The van der Waals surface area contributed by atoms with Gasteiger partial charge in [-0.1, -0.05) is 54.6 Å². The molecule has 47 heavy (non-hydrogen) atoms. The second-order valence-electron chi connectivity index (χ2n) is 11.1. The van der Waals surface area contributed by atoms with Crippen LogP contribution in [0.1, 0.15) is 11.5 Å². The van der Waals surface area contributed by atoms with Crippen molar-refractivity contribution < 1.29 is 47.1 Å². The number of hydrogen-bond acceptors (Lipinski definition) is 10. The molecule has 3 aliphatic carbocycles. The Balaban J connectivity index is 1.79. The first-order chi connectivity index (χ1) is 22.7. The lowest BCUT2D eigenvalue weighted by Gasteiger charge is -2.59. The van der Waals surface area contributed by atoms with Crippen LogP contribution in [-0.4, -0.2) is 66.5 Å². The van der Waals surface area contributed by atoms with Crippen molar-refractivity contribution in [2.45, 2.75) is 17.8 Å². The summed E-state index contributed by atoms with van der Waals surface area (Å²) < 4.78 is 56.1. The van der Waals surface area contributed by atoms with Gasteiger partial charge in [-0.15, -0.1) is 0 Å². The fraction of sp³-hybridized carbons (Fsp3) is 0.333. The Labute approximate surface area is 274 Å². The Morgan fingerprint density at radius 2 is 1.36 bits per heavy atom. The largest absolute Gasteiger partial charge is 0.493 e. The number of esters is 2. The van der Waals surface area contributed by atoms with Crippen molar-refractivity contribution >= 4 is 29.9 Å². The third-order valence-corrected chi connectivity index (χ3v) is 11.5. The molecule has 2 bridgehead atoms. The van der Waals surface area contributed by atoms with Gasteiger partial charge in [0.25, 0.3) is 7.37 Å². The molecule has 0 heterocycles. The molecule has 11 heteroatoms. The lowest BCUT2D eigenvalue weighted by atomic mass is 9.53. The van der Waals surface area contributed by atoms with E-state index in [1.165, 1.54) is 41.6 Å². The van der Waals surface area contributed by atoms with E-state index < -0.39 is 54.9 Å². The second-order valence-corrected chi connectivity index (χ2v) is 13.5. The topological polar surface area (TPSA) is 116 Å². The number of rotatable bonds is 12. The Morgan fingerprint density at radius 3 is 1.87 bits per heavy atom. The monoisotopic (exact) mass is 662 g/mol. The van der Waals surface area contributed by atoms with Gasteiger partial charge >= 0.3 is 11.9 Å². The first kappa shape index (κ1) is 34.1. The van der Waals surface area contributed by atoms with E-state index in [0.29, 0.717) is 27.7 Å². The van der Waals surface area contributed by atoms with Gasteiger partial charge in [0.15, 0.2) is 11.5 Å². The van der Waals surface area contributed by atoms with Gasteiger partial charge in [0.1, 0.15) is 6.10 Å². The number of allylic oxidation sites excluding steroid dienone is 1. The molecule has 5 unspecified atom stereocenters. The smallest absolute Gasteiger partial charge is 0.330 e. The Bertz CT molecular complexity index is 1640. The molecule has 0 amide bonds. The number of methoxy groups -OCH3 is 6. The molecule has 0 N–H and O–H groups in total. The van der Waals surface area contributed by atoms with Crippen LogP contribution in [-0.2, 0) is 37.6 Å². The van der Waals surface area contributed by atoms with E-state index in [1.54, 1.807) is 67.8 Å². The van der Waals surface area contributed by atoms with Crippen molar-refractivity contribution in [3.8, 4) is 11.5 Å². The molecule has 0 spiro atoms. The minimum Gasteiger partial charge on any atom is -0.493 e. The summed E-state index contributed by atoms with van der Waals surface area (Å²) in [6, 6.07) is 23.4. The van der Waals surface area contributed by atoms with Crippen LogP contribution < -0.4 is 20.1 Å². The maximum Gasteiger partial charge on any atom is 0.330 e. The number of carbonyl (C=O) groups is 2. The average Bonchev–Trinajstić information content (AvgIpc) is 3.13. The van der Waals surface area contributed by atoms with E-state index in [4.69, 9.17) is 32.9 Å². The van der Waals surface area contributed by atoms with Crippen LogP contribution in [0.4, 0.5) is 0 Å². The molecule has 0 saturated heterocycles. The molecular weight excluding hydrogens is 623 g/mol. The predicted molar refractivity (Wildman–Crippen MR) is 175 cm³/mol. The number of carbonyl (C=O) groups excluding carboxylic acids is 2. The Hall–Kier alpha value is -4.21. The summed E-state index contributed by atoms with van der Waals surface area (Å²) in [6.07, 6.45) is 3.76. The van der Waals surface area contributed by atoms with Gasteiger partial charge in [-0.2, -0.15) is 0 Å². The average molecular weight is 663 g/mol. The highest BCUT2D eigenvalue weighted by atomic mass is 31.2. The predicted octanol–water partition coefficient (Wildman–Crippen LogP) is 4.80. The molecular formula is C36H39O10P. The van der Waals surface area contributed by atoms with Crippen molar-refractivity contribution in [2.24, 2.45) is 17.8 Å². The summed E-state index contributed by atoms with van der Waals surface area (Å²) >= 11 is 0. The molecule has 0 aliphatic heterocycles. The van der Waals surface area contributed by atoms with Crippen LogP contribution in [0.15, 0.2) is 103 Å². The van der Waals surface area contributed by atoms with Crippen LogP contribution in [0.5, 0.6) is 11.5 Å². The number of fused-ring (bicyclic) bond motifs is 2. The van der Waals surface area contributed by atoms with E-state index in [0.717, 1.165) is 5.56 Å². The van der Waals surface area contributed by atoms with Crippen LogP contribution >= 0.6 is 7.37 Å². The SMILES string of the molecule is COC(=O)/C=C/C1=CC2C(c3ccc(OC)c(OC)c3)C(C(=O)OC)C1C(OC)(OC)C2OP(=O)(c1ccccc1)c1ccccc1. The van der Waals surface area contributed by atoms with E-state index in [-0.39, 0.29) is 0 Å². The summed E-state index contributed by atoms with van der Waals surface area (Å²) in [5.41, 5.74) is 1.30. The number of benzene rings is 3. The lowest BCUT2D eigenvalue weighted by Crippen LogP contribution is -2.67. The minimum absolute atomic E-state index is 0.464. The highest BCUT2D eigenvalue weighted by Gasteiger charge is 2.67. The molecule has 3 aliphatic rings. The van der Waals surface area contributed by atoms with Crippen LogP contribution in [0.25, 0.3) is 0 Å². The van der Waals surface area contributed by atoms with E-state index in [1.807, 2.05) is 30.3 Å². The van der Waals surface area contributed by atoms with Gasteiger partial charge in [-0.3, -0.25) is 9.36 Å². The third-order valence-electron chi connectivity index (χ3n) is 9.06. The zero-order valence-electron chi connectivity index (χ0n) is 27.2. The molecule has 1 fully saturated rings. The summed E-state index contributed by atoms with van der Waals surface area (Å²) in [7, 11) is 4.76. The van der Waals surface area contributed by atoms with Gasteiger partial charge in [0.05, 0.1) is 40.3 Å². The summed E-state index contributed by atoms with van der Waals surface area (Å²) in [4.78, 5) is 26.1. The summed E-state index contributed by atoms with van der Waals surface area (Å²) in [5.74, 6) is -4.85. The summed E-state index contributed by atoms with van der Waals surface area (Å²) in [6.45, 7) is 0. The maximum atomic E-state index is 15.4. The lowest BCUT2D eigenvalue weighted by molar-refractivity contribution is -0.310. The van der Waals surface area contributed by atoms with Crippen molar-refractivity contribution in [1.29, 1.82) is 0 Å². The van der Waals surface area contributed by atoms with Crippen LogP contribution in [0.2, 0.25) is 0 Å². The van der Waals surface area contributed by atoms with Gasteiger partial charge in [-0.25, -0.2) is 4.79 Å².